The van der Waals surface area contributed by atoms with E-state index in [1.54, 1.807) is 6.20 Å². The van der Waals surface area contributed by atoms with Gasteiger partial charge in [-0.15, -0.1) is 10.2 Å². The SMILES string of the molecule is CN(Cc1nnc2ccccn12)c1cnc2ccccc2n1. The first-order valence-electron chi connectivity index (χ1n) is 7.03. The molecule has 0 fully saturated rings. The Morgan fingerprint density at radius 1 is 1.00 bits per heavy atom. The van der Waals surface area contributed by atoms with Gasteiger partial charge in [-0.05, 0) is 24.3 Å². The zero-order valence-electron chi connectivity index (χ0n) is 12.1. The van der Waals surface area contributed by atoms with E-state index in [2.05, 4.69) is 20.2 Å². The summed E-state index contributed by atoms with van der Waals surface area (Å²) in [6.45, 7) is 0.609. The van der Waals surface area contributed by atoms with Gasteiger partial charge in [0.15, 0.2) is 11.5 Å². The third kappa shape index (κ3) is 2.14. The Kier molecular flexibility index (Phi) is 2.93. The van der Waals surface area contributed by atoms with Crippen molar-refractivity contribution >= 4 is 22.5 Å². The fourth-order valence-corrected chi connectivity index (χ4v) is 2.42. The molecule has 0 spiro atoms. The Morgan fingerprint density at radius 2 is 1.82 bits per heavy atom. The quantitative estimate of drug-likeness (QED) is 0.579. The minimum Gasteiger partial charge on any atom is -0.351 e. The molecule has 3 aromatic heterocycles. The zero-order chi connectivity index (χ0) is 14.9. The van der Waals surface area contributed by atoms with Crippen LogP contribution in [0.1, 0.15) is 5.82 Å². The van der Waals surface area contributed by atoms with Gasteiger partial charge in [0, 0.05) is 13.2 Å². The van der Waals surface area contributed by atoms with Crippen molar-refractivity contribution in [1.29, 1.82) is 0 Å². The summed E-state index contributed by atoms with van der Waals surface area (Å²) in [5, 5.41) is 8.41. The molecule has 0 atom stereocenters. The molecule has 0 aliphatic rings. The highest BCUT2D eigenvalue weighted by Gasteiger charge is 2.10. The maximum absolute atomic E-state index is 4.64. The van der Waals surface area contributed by atoms with Gasteiger partial charge in [0.1, 0.15) is 5.82 Å². The van der Waals surface area contributed by atoms with Crippen LogP contribution in [0.4, 0.5) is 5.82 Å². The number of benzene rings is 1. The van der Waals surface area contributed by atoms with Gasteiger partial charge >= 0.3 is 0 Å². The molecule has 1 aromatic carbocycles. The number of pyridine rings is 1. The molecule has 0 saturated heterocycles. The highest BCUT2D eigenvalue weighted by atomic mass is 15.3. The van der Waals surface area contributed by atoms with Crippen LogP contribution in [0.25, 0.3) is 16.7 Å². The minimum atomic E-state index is 0.609. The molecule has 3 heterocycles. The van der Waals surface area contributed by atoms with Crippen molar-refractivity contribution < 1.29 is 0 Å². The lowest BCUT2D eigenvalue weighted by atomic mass is 10.3. The Morgan fingerprint density at radius 3 is 2.73 bits per heavy atom. The van der Waals surface area contributed by atoms with Crippen LogP contribution in [0.5, 0.6) is 0 Å². The molecule has 4 rings (SSSR count). The summed E-state index contributed by atoms with van der Waals surface area (Å²) in [6.07, 6.45) is 3.75. The van der Waals surface area contributed by atoms with Gasteiger partial charge in [0.25, 0.3) is 0 Å². The molecular weight excluding hydrogens is 276 g/mol. The van der Waals surface area contributed by atoms with Gasteiger partial charge in [0.2, 0.25) is 0 Å². The van der Waals surface area contributed by atoms with Crippen LogP contribution in [0, 0.1) is 0 Å². The van der Waals surface area contributed by atoms with Crippen LogP contribution in [0.15, 0.2) is 54.9 Å². The summed E-state index contributed by atoms with van der Waals surface area (Å²) in [5.41, 5.74) is 2.63. The second-order valence-electron chi connectivity index (χ2n) is 5.12. The van der Waals surface area contributed by atoms with Crippen LogP contribution in [-0.2, 0) is 6.54 Å². The number of hydrogen-bond acceptors (Lipinski definition) is 5. The number of para-hydroxylation sites is 2. The van der Waals surface area contributed by atoms with Crippen molar-refractivity contribution in [3.05, 3.63) is 60.7 Å². The molecule has 4 aromatic rings. The normalized spacial score (nSPS) is 11.1. The molecular formula is C16H14N6. The molecule has 6 nitrogen and oxygen atoms in total. The Hall–Kier alpha value is -3.02. The molecule has 22 heavy (non-hydrogen) atoms. The second-order valence-corrected chi connectivity index (χ2v) is 5.12. The van der Waals surface area contributed by atoms with E-state index in [0.717, 1.165) is 28.3 Å². The largest absolute Gasteiger partial charge is 0.351 e. The number of rotatable bonds is 3. The van der Waals surface area contributed by atoms with Crippen LogP contribution < -0.4 is 4.90 Å². The maximum atomic E-state index is 4.64. The Bertz CT molecular complexity index is 945. The number of fused-ring (bicyclic) bond motifs is 2. The van der Waals surface area contributed by atoms with E-state index in [0.29, 0.717) is 6.54 Å². The third-order valence-corrected chi connectivity index (χ3v) is 3.59. The van der Waals surface area contributed by atoms with E-state index in [1.807, 2.05) is 65.0 Å². The average molecular weight is 290 g/mol. The van der Waals surface area contributed by atoms with Gasteiger partial charge in [-0.2, -0.15) is 0 Å². The lowest BCUT2D eigenvalue weighted by Gasteiger charge is -2.16. The number of hydrogen-bond donors (Lipinski definition) is 0. The smallest absolute Gasteiger partial charge is 0.160 e. The van der Waals surface area contributed by atoms with Gasteiger partial charge in [-0.3, -0.25) is 9.38 Å². The van der Waals surface area contributed by atoms with Crippen LogP contribution in [0.2, 0.25) is 0 Å². The first kappa shape index (κ1) is 12.7. The molecule has 0 bridgehead atoms. The average Bonchev–Trinajstić information content (AvgIpc) is 2.97. The Labute approximate surface area is 127 Å². The lowest BCUT2D eigenvalue weighted by molar-refractivity contribution is 0.809. The highest BCUT2D eigenvalue weighted by Crippen LogP contribution is 2.16. The van der Waals surface area contributed by atoms with Crippen molar-refractivity contribution in [3.63, 3.8) is 0 Å². The van der Waals surface area contributed by atoms with Crippen molar-refractivity contribution in [1.82, 2.24) is 24.6 Å². The second kappa shape index (κ2) is 5.07. The molecule has 0 unspecified atom stereocenters. The van der Waals surface area contributed by atoms with E-state index in [-0.39, 0.29) is 0 Å². The van der Waals surface area contributed by atoms with E-state index in [1.165, 1.54) is 0 Å². The number of anilines is 1. The van der Waals surface area contributed by atoms with Crippen LogP contribution >= 0.6 is 0 Å². The number of aromatic nitrogens is 5. The van der Waals surface area contributed by atoms with Crippen molar-refractivity contribution in [3.8, 4) is 0 Å². The minimum absolute atomic E-state index is 0.609. The fourth-order valence-electron chi connectivity index (χ4n) is 2.42. The van der Waals surface area contributed by atoms with Gasteiger partial charge in [-0.1, -0.05) is 18.2 Å². The Balaban J connectivity index is 1.66. The zero-order valence-corrected chi connectivity index (χ0v) is 12.1. The molecule has 0 aliphatic carbocycles. The molecule has 0 saturated carbocycles. The standard InChI is InChI=1S/C16H14N6/c1-21(11-16-20-19-14-8-4-5-9-22(14)16)15-10-17-12-6-2-3-7-13(12)18-15/h2-10H,11H2,1H3. The van der Waals surface area contributed by atoms with Gasteiger partial charge in [-0.25, -0.2) is 4.98 Å². The predicted molar refractivity (Wildman–Crippen MR) is 84.6 cm³/mol. The molecule has 0 N–H and O–H groups in total. The predicted octanol–water partition coefficient (Wildman–Crippen LogP) is 2.31. The van der Waals surface area contributed by atoms with E-state index < -0.39 is 0 Å². The van der Waals surface area contributed by atoms with Crippen LogP contribution in [0.3, 0.4) is 0 Å². The summed E-state index contributed by atoms with van der Waals surface area (Å²) in [6, 6.07) is 13.7. The molecule has 0 radical (unpaired) electrons. The molecule has 108 valence electrons. The summed E-state index contributed by atoms with van der Waals surface area (Å²) < 4.78 is 1.98. The fraction of sp³-hybridized carbons (Fsp3) is 0.125. The molecule has 0 aliphatic heterocycles. The first-order valence-corrected chi connectivity index (χ1v) is 7.03. The highest BCUT2D eigenvalue weighted by molar-refractivity contribution is 5.75. The summed E-state index contributed by atoms with van der Waals surface area (Å²) in [4.78, 5) is 11.1. The topological polar surface area (TPSA) is 59.2 Å². The lowest BCUT2D eigenvalue weighted by Crippen LogP contribution is -2.19. The molecule has 0 amide bonds. The first-order chi connectivity index (χ1) is 10.8. The van der Waals surface area contributed by atoms with Gasteiger partial charge < -0.3 is 4.90 Å². The van der Waals surface area contributed by atoms with Crippen LogP contribution in [-0.4, -0.2) is 31.6 Å². The van der Waals surface area contributed by atoms with Crippen molar-refractivity contribution in [2.45, 2.75) is 6.54 Å². The summed E-state index contributed by atoms with van der Waals surface area (Å²) in [5.74, 6) is 1.68. The van der Waals surface area contributed by atoms with E-state index >= 15 is 0 Å². The number of nitrogens with zero attached hydrogens (tertiary/aromatic N) is 6. The monoisotopic (exact) mass is 290 g/mol. The summed E-state index contributed by atoms with van der Waals surface area (Å²) in [7, 11) is 1.98. The van der Waals surface area contributed by atoms with Gasteiger partial charge in [0.05, 0.1) is 23.8 Å². The summed E-state index contributed by atoms with van der Waals surface area (Å²) >= 11 is 0. The third-order valence-electron chi connectivity index (χ3n) is 3.59. The van der Waals surface area contributed by atoms with Crippen molar-refractivity contribution in [2.24, 2.45) is 0 Å². The van der Waals surface area contributed by atoms with E-state index in [4.69, 9.17) is 0 Å². The molecule has 6 heteroatoms. The van der Waals surface area contributed by atoms with Crippen molar-refractivity contribution in [2.75, 3.05) is 11.9 Å². The van der Waals surface area contributed by atoms with E-state index in [9.17, 15) is 0 Å². The maximum Gasteiger partial charge on any atom is 0.160 e.